The van der Waals surface area contributed by atoms with Crippen LogP contribution in [0, 0.1) is 11.8 Å². The van der Waals surface area contributed by atoms with Gasteiger partial charge in [-0.25, -0.2) is 0 Å². The van der Waals surface area contributed by atoms with E-state index in [1.165, 1.54) is 5.56 Å². The van der Waals surface area contributed by atoms with Gasteiger partial charge in [-0.15, -0.1) is 5.92 Å². The highest BCUT2D eigenvalue weighted by molar-refractivity contribution is 5.16. The second-order valence-corrected chi connectivity index (χ2v) is 2.98. The van der Waals surface area contributed by atoms with Crippen LogP contribution in [0.25, 0.3) is 0 Å². The largest absolute Gasteiger partial charge is 0.381 e. The Bertz CT molecular complexity index is 290. The SMILES string of the molecule is CC(O)C#CCCc1ccccc1. The summed E-state index contributed by atoms with van der Waals surface area (Å²) in [4.78, 5) is 0. The van der Waals surface area contributed by atoms with E-state index in [1.54, 1.807) is 6.92 Å². The Morgan fingerprint density at radius 3 is 2.62 bits per heavy atom. The van der Waals surface area contributed by atoms with E-state index in [2.05, 4.69) is 24.0 Å². The molecule has 0 aliphatic heterocycles. The van der Waals surface area contributed by atoms with Crippen LogP contribution in [-0.2, 0) is 6.42 Å². The summed E-state index contributed by atoms with van der Waals surface area (Å²) in [6, 6.07) is 10.2. The monoisotopic (exact) mass is 174 g/mol. The third-order valence-electron chi connectivity index (χ3n) is 1.69. The van der Waals surface area contributed by atoms with Gasteiger partial charge in [-0.3, -0.25) is 0 Å². The Morgan fingerprint density at radius 1 is 1.31 bits per heavy atom. The minimum atomic E-state index is -0.504. The molecule has 0 aromatic heterocycles. The highest BCUT2D eigenvalue weighted by Crippen LogP contribution is 2.01. The van der Waals surface area contributed by atoms with E-state index in [0.717, 1.165) is 12.8 Å². The van der Waals surface area contributed by atoms with Crippen LogP contribution >= 0.6 is 0 Å². The fraction of sp³-hybridized carbons (Fsp3) is 0.333. The second kappa shape index (κ2) is 5.40. The third kappa shape index (κ3) is 4.35. The van der Waals surface area contributed by atoms with Gasteiger partial charge in [0.15, 0.2) is 0 Å². The van der Waals surface area contributed by atoms with Crippen molar-refractivity contribution < 1.29 is 5.11 Å². The Morgan fingerprint density at radius 2 is 2.00 bits per heavy atom. The molecule has 0 aliphatic carbocycles. The average Bonchev–Trinajstić information content (AvgIpc) is 2.14. The van der Waals surface area contributed by atoms with Crippen molar-refractivity contribution in [1.29, 1.82) is 0 Å². The molecule has 1 aromatic rings. The number of aliphatic hydroxyl groups excluding tert-OH is 1. The molecule has 13 heavy (non-hydrogen) atoms. The van der Waals surface area contributed by atoms with E-state index in [0.29, 0.717) is 0 Å². The van der Waals surface area contributed by atoms with Gasteiger partial charge in [0.2, 0.25) is 0 Å². The fourth-order valence-electron chi connectivity index (χ4n) is 1.07. The van der Waals surface area contributed by atoms with Crippen LogP contribution in [0.4, 0.5) is 0 Å². The zero-order valence-corrected chi connectivity index (χ0v) is 7.83. The van der Waals surface area contributed by atoms with Crippen LogP contribution in [0.5, 0.6) is 0 Å². The minimum absolute atomic E-state index is 0.504. The number of hydrogen-bond donors (Lipinski definition) is 1. The van der Waals surface area contributed by atoms with E-state index in [4.69, 9.17) is 5.11 Å². The van der Waals surface area contributed by atoms with Crippen molar-refractivity contribution in [3.63, 3.8) is 0 Å². The predicted octanol–water partition coefficient (Wildman–Crippen LogP) is 2.00. The molecule has 0 heterocycles. The molecule has 1 unspecified atom stereocenters. The van der Waals surface area contributed by atoms with Crippen molar-refractivity contribution in [2.45, 2.75) is 25.9 Å². The van der Waals surface area contributed by atoms with Gasteiger partial charge < -0.3 is 5.11 Å². The summed E-state index contributed by atoms with van der Waals surface area (Å²) < 4.78 is 0. The van der Waals surface area contributed by atoms with Gasteiger partial charge in [0.1, 0.15) is 6.10 Å². The molecule has 1 heteroatoms. The van der Waals surface area contributed by atoms with Gasteiger partial charge in [-0.1, -0.05) is 36.3 Å². The molecule has 68 valence electrons. The predicted molar refractivity (Wildman–Crippen MR) is 54.2 cm³/mol. The minimum Gasteiger partial charge on any atom is -0.381 e. The molecule has 0 amide bonds. The van der Waals surface area contributed by atoms with Crippen LogP contribution in [-0.4, -0.2) is 11.2 Å². The van der Waals surface area contributed by atoms with Crippen LogP contribution in [0.3, 0.4) is 0 Å². The highest BCUT2D eigenvalue weighted by Gasteiger charge is 1.88. The van der Waals surface area contributed by atoms with Crippen LogP contribution in [0.1, 0.15) is 18.9 Å². The molecule has 0 fully saturated rings. The molecule has 0 aliphatic rings. The topological polar surface area (TPSA) is 20.2 Å². The van der Waals surface area contributed by atoms with E-state index in [-0.39, 0.29) is 0 Å². The van der Waals surface area contributed by atoms with Gasteiger partial charge in [0.05, 0.1) is 0 Å². The van der Waals surface area contributed by atoms with Crippen molar-refractivity contribution in [2.75, 3.05) is 0 Å². The molecule has 1 atom stereocenters. The van der Waals surface area contributed by atoms with Crippen molar-refractivity contribution in [3.05, 3.63) is 35.9 Å². The maximum Gasteiger partial charge on any atom is 0.111 e. The molecule has 0 saturated carbocycles. The maximum absolute atomic E-state index is 8.88. The number of aliphatic hydroxyl groups is 1. The van der Waals surface area contributed by atoms with Gasteiger partial charge in [-0.2, -0.15) is 0 Å². The lowest BCUT2D eigenvalue weighted by molar-refractivity contribution is 0.253. The first-order chi connectivity index (χ1) is 6.29. The Kier molecular flexibility index (Phi) is 4.08. The van der Waals surface area contributed by atoms with Crippen molar-refractivity contribution in [2.24, 2.45) is 0 Å². The molecule has 0 spiro atoms. The van der Waals surface area contributed by atoms with Gasteiger partial charge in [0, 0.05) is 6.42 Å². The molecular formula is C12H14O. The number of benzene rings is 1. The first-order valence-corrected chi connectivity index (χ1v) is 4.49. The maximum atomic E-state index is 8.88. The Hall–Kier alpha value is -1.26. The van der Waals surface area contributed by atoms with Gasteiger partial charge >= 0.3 is 0 Å². The van der Waals surface area contributed by atoms with E-state index in [1.807, 2.05) is 18.2 Å². The van der Waals surface area contributed by atoms with Gasteiger partial charge in [0.25, 0.3) is 0 Å². The molecule has 1 rings (SSSR count). The highest BCUT2D eigenvalue weighted by atomic mass is 16.3. The Balaban J connectivity index is 2.33. The molecule has 1 N–H and O–H groups in total. The second-order valence-electron chi connectivity index (χ2n) is 2.98. The summed E-state index contributed by atoms with van der Waals surface area (Å²) in [5.41, 5.74) is 1.29. The molecule has 1 nitrogen and oxygen atoms in total. The quantitative estimate of drug-likeness (QED) is 0.680. The molecular weight excluding hydrogens is 160 g/mol. The summed E-state index contributed by atoms with van der Waals surface area (Å²) >= 11 is 0. The molecule has 0 bridgehead atoms. The smallest absolute Gasteiger partial charge is 0.111 e. The third-order valence-corrected chi connectivity index (χ3v) is 1.69. The van der Waals surface area contributed by atoms with Gasteiger partial charge in [-0.05, 0) is 18.9 Å². The van der Waals surface area contributed by atoms with Crippen molar-refractivity contribution in [1.82, 2.24) is 0 Å². The molecule has 1 aromatic carbocycles. The van der Waals surface area contributed by atoms with E-state index in [9.17, 15) is 0 Å². The number of rotatable bonds is 2. The van der Waals surface area contributed by atoms with Crippen LogP contribution in [0.15, 0.2) is 30.3 Å². The zero-order valence-electron chi connectivity index (χ0n) is 7.83. The number of aryl methyl sites for hydroxylation is 1. The molecule has 0 saturated heterocycles. The Labute approximate surface area is 79.4 Å². The standard InChI is InChI=1S/C12H14O/c1-11(13)7-5-6-10-12-8-3-2-4-9-12/h2-4,8-9,11,13H,6,10H2,1H3. The van der Waals surface area contributed by atoms with Crippen molar-refractivity contribution in [3.8, 4) is 11.8 Å². The lowest BCUT2D eigenvalue weighted by atomic mass is 10.1. The van der Waals surface area contributed by atoms with Crippen LogP contribution < -0.4 is 0 Å². The summed E-state index contributed by atoms with van der Waals surface area (Å²) in [5, 5.41) is 8.88. The summed E-state index contributed by atoms with van der Waals surface area (Å²) in [6.45, 7) is 1.68. The summed E-state index contributed by atoms with van der Waals surface area (Å²) in [6.07, 6.45) is 1.27. The summed E-state index contributed by atoms with van der Waals surface area (Å²) in [7, 11) is 0. The first kappa shape index (κ1) is 9.83. The first-order valence-electron chi connectivity index (χ1n) is 4.49. The summed E-state index contributed by atoms with van der Waals surface area (Å²) in [5.74, 6) is 5.65. The van der Waals surface area contributed by atoms with Crippen LogP contribution in [0.2, 0.25) is 0 Å². The average molecular weight is 174 g/mol. The zero-order chi connectivity index (χ0) is 9.52. The fourth-order valence-corrected chi connectivity index (χ4v) is 1.07. The normalized spacial score (nSPS) is 11.5. The number of hydrogen-bond acceptors (Lipinski definition) is 1. The molecule has 0 radical (unpaired) electrons. The lowest BCUT2D eigenvalue weighted by Crippen LogP contribution is -1.92. The lowest BCUT2D eigenvalue weighted by Gasteiger charge is -1.94. The van der Waals surface area contributed by atoms with E-state index < -0.39 is 6.10 Å². The van der Waals surface area contributed by atoms with E-state index >= 15 is 0 Å². The van der Waals surface area contributed by atoms with Crippen molar-refractivity contribution >= 4 is 0 Å².